The molecule has 0 aliphatic rings. The summed E-state index contributed by atoms with van der Waals surface area (Å²) in [5.74, 6) is 0.805. The van der Waals surface area contributed by atoms with E-state index in [4.69, 9.17) is 10.5 Å². The molecule has 18 heavy (non-hydrogen) atoms. The second kappa shape index (κ2) is 6.21. The molecule has 0 radical (unpaired) electrons. The Kier molecular flexibility index (Phi) is 4.36. The molecule has 0 aliphatic carbocycles. The topological polar surface area (TPSA) is 53.1 Å². The number of benzene rings is 1. The number of aromatic nitrogens is 2. The zero-order chi connectivity index (χ0) is 12.8. The quantitative estimate of drug-likeness (QED) is 0.846. The second-order valence-electron chi connectivity index (χ2n) is 4.13. The van der Waals surface area contributed by atoms with Crippen LogP contribution < -0.4 is 10.5 Å². The summed E-state index contributed by atoms with van der Waals surface area (Å²) in [7, 11) is 0. The van der Waals surface area contributed by atoms with Gasteiger partial charge >= 0.3 is 0 Å². The van der Waals surface area contributed by atoms with Crippen LogP contribution in [0.1, 0.15) is 18.1 Å². The van der Waals surface area contributed by atoms with Gasteiger partial charge in [-0.15, -0.1) is 0 Å². The van der Waals surface area contributed by atoms with E-state index in [1.807, 2.05) is 29.9 Å². The van der Waals surface area contributed by atoms with Crippen molar-refractivity contribution in [3.8, 4) is 5.75 Å². The van der Waals surface area contributed by atoms with E-state index in [-0.39, 0.29) is 0 Å². The summed E-state index contributed by atoms with van der Waals surface area (Å²) >= 11 is 0. The molecular weight excluding hydrogens is 226 g/mol. The number of hydrogen-bond acceptors (Lipinski definition) is 3. The van der Waals surface area contributed by atoms with Crippen LogP contribution in [-0.2, 0) is 19.6 Å². The average Bonchev–Trinajstić information content (AvgIpc) is 2.86. The Hall–Kier alpha value is -1.81. The molecule has 0 unspecified atom stereocenters. The average molecular weight is 245 g/mol. The molecule has 2 N–H and O–H groups in total. The van der Waals surface area contributed by atoms with Crippen molar-refractivity contribution < 1.29 is 4.74 Å². The third kappa shape index (κ3) is 3.11. The zero-order valence-electron chi connectivity index (χ0n) is 10.7. The minimum absolute atomic E-state index is 0.561. The molecule has 1 aromatic carbocycles. The maximum Gasteiger partial charge on any atom is 0.157 e. The maximum absolute atomic E-state index is 5.74. The second-order valence-corrected chi connectivity index (χ2v) is 4.13. The van der Waals surface area contributed by atoms with E-state index in [9.17, 15) is 0 Å². The van der Waals surface area contributed by atoms with Gasteiger partial charge in [0.15, 0.2) is 5.75 Å². The van der Waals surface area contributed by atoms with Crippen molar-refractivity contribution >= 4 is 0 Å². The smallest absolute Gasteiger partial charge is 0.157 e. The highest BCUT2D eigenvalue weighted by Gasteiger charge is 2.03. The third-order valence-corrected chi connectivity index (χ3v) is 2.86. The summed E-state index contributed by atoms with van der Waals surface area (Å²) in [6, 6.07) is 8.23. The minimum atomic E-state index is 0.561. The summed E-state index contributed by atoms with van der Waals surface area (Å²) in [6.07, 6.45) is 4.54. The van der Waals surface area contributed by atoms with Crippen LogP contribution in [0.3, 0.4) is 0 Å². The Morgan fingerprint density at radius 3 is 2.72 bits per heavy atom. The van der Waals surface area contributed by atoms with Crippen molar-refractivity contribution in [2.24, 2.45) is 5.73 Å². The van der Waals surface area contributed by atoms with Gasteiger partial charge in [-0.1, -0.05) is 24.3 Å². The standard InChI is InChI=1S/C14H19N3O/c1-2-17-10-14(9-16-17)18-11-13-6-4-3-5-12(13)7-8-15/h3-6,9-10H,2,7-8,11,15H2,1H3. The van der Waals surface area contributed by atoms with Crippen LogP contribution in [0.2, 0.25) is 0 Å². The molecule has 2 rings (SSSR count). The molecule has 0 aliphatic heterocycles. The number of rotatable bonds is 6. The van der Waals surface area contributed by atoms with E-state index in [1.165, 1.54) is 11.1 Å². The number of hydrogen-bond donors (Lipinski definition) is 1. The number of aryl methyl sites for hydroxylation is 1. The van der Waals surface area contributed by atoms with Crippen LogP contribution in [0.4, 0.5) is 0 Å². The lowest BCUT2D eigenvalue weighted by Crippen LogP contribution is -2.06. The highest BCUT2D eigenvalue weighted by atomic mass is 16.5. The third-order valence-electron chi connectivity index (χ3n) is 2.86. The van der Waals surface area contributed by atoms with Gasteiger partial charge in [0.25, 0.3) is 0 Å². The lowest BCUT2D eigenvalue weighted by atomic mass is 10.1. The highest BCUT2D eigenvalue weighted by molar-refractivity contribution is 5.27. The van der Waals surface area contributed by atoms with E-state index in [0.29, 0.717) is 13.2 Å². The summed E-state index contributed by atoms with van der Waals surface area (Å²) in [5, 5.41) is 4.18. The fraction of sp³-hybridized carbons (Fsp3) is 0.357. The van der Waals surface area contributed by atoms with E-state index in [2.05, 4.69) is 17.2 Å². The number of ether oxygens (including phenoxy) is 1. The van der Waals surface area contributed by atoms with E-state index < -0.39 is 0 Å². The molecule has 0 saturated heterocycles. The van der Waals surface area contributed by atoms with E-state index >= 15 is 0 Å². The highest BCUT2D eigenvalue weighted by Crippen LogP contribution is 2.14. The molecule has 0 saturated carbocycles. The zero-order valence-corrected chi connectivity index (χ0v) is 10.7. The molecule has 1 heterocycles. The molecule has 4 heteroatoms. The van der Waals surface area contributed by atoms with Crippen LogP contribution in [0, 0.1) is 0 Å². The van der Waals surface area contributed by atoms with Crippen molar-refractivity contribution in [1.29, 1.82) is 0 Å². The van der Waals surface area contributed by atoms with Crippen LogP contribution in [0.15, 0.2) is 36.7 Å². The van der Waals surface area contributed by atoms with Gasteiger partial charge in [0.1, 0.15) is 6.61 Å². The van der Waals surface area contributed by atoms with Crippen molar-refractivity contribution in [3.05, 3.63) is 47.8 Å². The Labute approximate surface area is 107 Å². The van der Waals surface area contributed by atoms with Gasteiger partial charge in [-0.25, -0.2) is 0 Å². The van der Waals surface area contributed by atoms with Gasteiger partial charge in [0, 0.05) is 6.54 Å². The van der Waals surface area contributed by atoms with Gasteiger partial charge in [0.05, 0.1) is 12.4 Å². The predicted molar refractivity (Wildman–Crippen MR) is 71.4 cm³/mol. The number of nitrogens with two attached hydrogens (primary N) is 1. The predicted octanol–water partition coefficient (Wildman–Crippen LogP) is 1.98. The van der Waals surface area contributed by atoms with Gasteiger partial charge in [0.2, 0.25) is 0 Å². The lowest BCUT2D eigenvalue weighted by molar-refractivity contribution is 0.304. The molecule has 0 atom stereocenters. The normalized spacial score (nSPS) is 10.6. The molecule has 4 nitrogen and oxygen atoms in total. The molecule has 0 spiro atoms. The number of nitrogens with zero attached hydrogens (tertiary/aromatic N) is 2. The molecule has 0 amide bonds. The summed E-state index contributed by atoms with van der Waals surface area (Å²) in [6.45, 7) is 4.12. The first-order chi connectivity index (χ1) is 8.83. The fourth-order valence-electron chi connectivity index (χ4n) is 1.85. The first-order valence-corrected chi connectivity index (χ1v) is 6.25. The SMILES string of the molecule is CCn1cc(OCc2ccccc2CCN)cn1. The summed E-state index contributed by atoms with van der Waals surface area (Å²) in [5.41, 5.74) is 8.04. The van der Waals surface area contributed by atoms with Crippen LogP contribution >= 0.6 is 0 Å². The van der Waals surface area contributed by atoms with Crippen molar-refractivity contribution in [1.82, 2.24) is 9.78 Å². The van der Waals surface area contributed by atoms with Gasteiger partial charge < -0.3 is 10.5 Å². The van der Waals surface area contributed by atoms with Gasteiger partial charge in [-0.2, -0.15) is 5.10 Å². The Morgan fingerprint density at radius 2 is 2.06 bits per heavy atom. The van der Waals surface area contributed by atoms with Crippen LogP contribution in [-0.4, -0.2) is 16.3 Å². The maximum atomic E-state index is 5.74. The van der Waals surface area contributed by atoms with Gasteiger partial charge in [-0.05, 0) is 31.0 Å². The molecule has 0 fully saturated rings. The van der Waals surface area contributed by atoms with Crippen molar-refractivity contribution in [2.45, 2.75) is 26.5 Å². The molecule has 96 valence electrons. The molecule has 0 bridgehead atoms. The van der Waals surface area contributed by atoms with Crippen molar-refractivity contribution in [2.75, 3.05) is 6.54 Å². The first kappa shape index (κ1) is 12.6. The summed E-state index contributed by atoms with van der Waals surface area (Å²) in [4.78, 5) is 0. The molecular formula is C14H19N3O. The molecule has 1 aromatic heterocycles. The van der Waals surface area contributed by atoms with E-state index in [0.717, 1.165) is 18.7 Å². The Bertz CT molecular complexity index is 493. The monoisotopic (exact) mass is 245 g/mol. The first-order valence-electron chi connectivity index (χ1n) is 6.25. The largest absolute Gasteiger partial charge is 0.486 e. The van der Waals surface area contributed by atoms with Crippen LogP contribution in [0.25, 0.3) is 0 Å². The Morgan fingerprint density at radius 1 is 1.28 bits per heavy atom. The van der Waals surface area contributed by atoms with Gasteiger partial charge in [-0.3, -0.25) is 4.68 Å². The fourth-order valence-corrected chi connectivity index (χ4v) is 1.85. The van der Waals surface area contributed by atoms with Crippen LogP contribution in [0.5, 0.6) is 5.75 Å². The minimum Gasteiger partial charge on any atom is -0.486 e. The van der Waals surface area contributed by atoms with Crippen molar-refractivity contribution in [3.63, 3.8) is 0 Å². The van der Waals surface area contributed by atoms with E-state index in [1.54, 1.807) is 6.20 Å². The summed E-state index contributed by atoms with van der Waals surface area (Å²) < 4.78 is 7.59. The molecule has 2 aromatic rings. The Balaban J connectivity index is 2.01. The lowest BCUT2D eigenvalue weighted by Gasteiger charge is -2.09.